The van der Waals surface area contributed by atoms with E-state index in [4.69, 9.17) is 10.5 Å². The summed E-state index contributed by atoms with van der Waals surface area (Å²) in [6.45, 7) is -0.276. The molecule has 2 aliphatic rings. The van der Waals surface area contributed by atoms with Crippen LogP contribution in [-0.4, -0.2) is 36.3 Å². The van der Waals surface area contributed by atoms with Gasteiger partial charge in [0.05, 0.1) is 30.3 Å². The molecule has 1 heterocycles. The van der Waals surface area contributed by atoms with Gasteiger partial charge in [-0.05, 0) is 25.0 Å². The Morgan fingerprint density at radius 1 is 1.24 bits per heavy atom. The second-order valence-electron chi connectivity index (χ2n) is 6.26. The number of hydrogen-bond donors (Lipinski definition) is 2. The molecule has 2 fully saturated rings. The van der Waals surface area contributed by atoms with Gasteiger partial charge in [0.25, 0.3) is 0 Å². The van der Waals surface area contributed by atoms with Gasteiger partial charge in [0.15, 0.2) is 0 Å². The summed E-state index contributed by atoms with van der Waals surface area (Å²) >= 11 is 0. The summed E-state index contributed by atoms with van der Waals surface area (Å²) in [5.41, 5.74) is 6.62. The van der Waals surface area contributed by atoms with Crippen molar-refractivity contribution in [2.75, 3.05) is 24.7 Å². The first kappa shape index (κ1) is 19.1. The highest BCUT2D eigenvalue weighted by molar-refractivity contribution is 6.09. The average Bonchev–Trinajstić information content (AvgIpc) is 2.82. The van der Waals surface area contributed by atoms with Crippen molar-refractivity contribution in [1.82, 2.24) is 4.90 Å². The first-order chi connectivity index (χ1) is 11.5. The molecule has 1 aromatic rings. The summed E-state index contributed by atoms with van der Waals surface area (Å²) in [5, 5.41) is 2.64. The minimum absolute atomic E-state index is 0. The lowest BCUT2D eigenvalue weighted by molar-refractivity contribution is -0.142. The molecule has 136 valence electrons. The van der Waals surface area contributed by atoms with E-state index >= 15 is 0 Å². The number of fused-ring (bicyclic) bond motifs is 1. The van der Waals surface area contributed by atoms with E-state index in [0.717, 1.165) is 30.6 Å². The van der Waals surface area contributed by atoms with Crippen LogP contribution in [0.15, 0.2) is 18.2 Å². The molecule has 3 rings (SSSR count). The largest absolute Gasteiger partial charge is 0.497 e. The number of ether oxygens (including phenoxy) is 1. The van der Waals surface area contributed by atoms with Gasteiger partial charge in [0.1, 0.15) is 12.3 Å². The monoisotopic (exact) mass is 367 g/mol. The number of carbonyl (C=O) groups excluding carboxylic acids is 3. The van der Waals surface area contributed by atoms with E-state index in [1.807, 2.05) is 0 Å². The predicted molar refractivity (Wildman–Crippen MR) is 95.5 cm³/mol. The Balaban J connectivity index is 0.00000225. The fraction of sp³-hybridized carbons (Fsp3) is 0.471. The number of imide groups is 1. The third-order valence-corrected chi connectivity index (χ3v) is 4.77. The molecule has 1 saturated carbocycles. The molecule has 0 spiro atoms. The number of nitrogens with zero attached hydrogens (tertiary/aromatic N) is 1. The number of methoxy groups -OCH3 is 1. The van der Waals surface area contributed by atoms with Gasteiger partial charge < -0.3 is 15.8 Å². The zero-order valence-electron chi connectivity index (χ0n) is 14.0. The molecule has 2 atom stereocenters. The van der Waals surface area contributed by atoms with Crippen molar-refractivity contribution >= 4 is 41.5 Å². The standard InChI is InChI=1S/C17H21N3O4.ClH/c1-24-10-6-7-13(18)14(8-10)19-15(21)9-20-16(22)11-4-2-3-5-12(11)17(20)23;/h6-8,11-12H,2-5,9,18H2,1H3,(H,19,21);1H. The van der Waals surface area contributed by atoms with Crippen molar-refractivity contribution in [3.8, 4) is 5.75 Å². The quantitative estimate of drug-likeness (QED) is 0.624. The molecule has 1 aliphatic heterocycles. The molecule has 1 saturated heterocycles. The van der Waals surface area contributed by atoms with E-state index in [9.17, 15) is 14.4 Å². The SMILES string of the molecule is COc1ccc(N)c(NC(=O)CN2C(=O)C3CCCCC3C2=O)c1.Cl. The lowest BCUT2D eigenvalue weighted by atomic mass is 9.81. The molecular weight excluding hydrogens is 346 g/mol. The molecule has 1 aliphatic carbocycles. The van der Waals surface area contributed by atoms with Crippen LogP contribution in [0.5, 0.6) is 5.75 Å². The summed E-state index contributed by atoms with van der Waals surface area (Å²) < 4.78 is 5.10. The van der Waals surface area contributed by atoms with Gasteiger partial charge >= 0.3 is 0 Å². The zero-order valence-corrected chi connectivity index (χ0v) is 14.8. The Morgan fingerprint density at radius 2 is 1.84 bits per heavy atom. The number of carbonyl (C=O) groups is 3. The Hall–Kier alpha value is -2.28. The van der Waals surface area contributed by atoms with Crippen LogP contribution in [0.4, 0.5) is 11.4 Å². The number of amides is 3. The molecule has 3 amide bonds. The van der Waals surface area contributed by atoms with Gasteiger partial charge in [-0.15, -0.1) is 12.4 Å². The average molecular weight is 368 g/mol. The lowest BCUT2D eigenvalue weighted by Crippen LogP contribution is -2.38. The van der Waals surface area contributed by atoms with Crippen molar-refractivity contribution in [3.05, 3.63) is 18.2 Å². The second-order valence-corrected chi connectivity index (χ2v) is 6.26. The van der Waals surface area contributed by atoms with Gasteiger partial charge in [-0.1, -0.05) is 12.8 Å². The number of nitrogens with one attached hydrogen (secondary N) is 1. The molecule has 8 heteroatoms. The van der Waals surface area contributed by atoms with Crippen LogP contribution < -0.4 is 15.8 Å². The van der Waals surface area contributed by atoms with E-state index in [2.05, 4.69) is 5.32 Å². The van der Waals surface area contributed by atoms with Gasteiger partial charge in [-0.3, -0.25) is 19.3 Å². The third-order valence-electron chi connectivity index (χ3n) is 4.77. The third kappa shape index (κ3) is 3.71. The Bertz CT molecular complexity index is 670. The maximum Gasteiger partial charge on any atom is 0.244 e. The van der Waals surface area contributed by atoms with Gasteiger partial charge in [-0.25, -0.2) is 0 Å². The van der Waals surface area contributed by atoms with Gasteiger partial charge in [0, 0.05) is 6.07 Å². The molecule has 0 aromatic heterocycles. The van der Waals surface area contributed by atoms with E-state index in [1.165, 1.54) is 7.11 Å². The van der Waals surface area contributed by atoms with Crippen molar-refractivity contribution in [1.29, 1.82) is 0 Å². The van der Waals surface area contributed by atoms with Crippen LogP contribution in [0.25, 0.3) is 0 Å². The first-order valence-electron chi connectivity index (χ1n) is 8.10. The fourth-order valence-electron chi connectivity index (χ4n) is 3.49. The second kappa shape index (κ2) is 7.74. The van der Waals surface area contributed by atoms with Crippen LogP contribution in [0.3, 0.4) is 0 Å². The van der Waals surface area contributed by atoms with Crippen molar-refractivity contribution in [3.63, 3.8) is 0 Å². The number of anilines is 2. The molecule has 1 aromatic carbocycles. The van der Waals surface area contributed by atoms with Crippen LogP contribution in [0.2, 0.25) is 0 Å². The number of benzene rings is 1. The molecule has 25 heavy (non-hydrogen) atoms. The topological polar surface area (TPSA) is 102 Å². The summed E-state index contributed by atoms with van der Waals surface area (Å²) in [7, 11) is 1.51. The minimum atomic E-state index is -0.449. The Labute approximate surface area is 152 Å². The highest BCUT2D eigenvalue weighted by Crippen LogP contribution is 2.37. The predicted octanol–water partition coefficient (Wildman–Crippen LogP) is 1.81. The van der Waals surface area contributed by atoms with Crippen LogP contribution in [0, 0.1) is 11.8 Å². The van der Waals surface area contributed by atoms with Crippen LogP contribution in [0.1, 0.15) is 25.7 Å². The maximum atomic E-state index is 12.4. The van der Waals surface area contributed by atoms with E-state index in [1.54, 1.807) is 18.2 Å². The van der Waals surface area contributed by atoms with Crippen molar-refractivity contribution in [2.45, 2.75) is 25.7 Å². The van der Waals surface area contributed by atoms with Crippen molar-refractivity contribution in [2.24, 2.45) is 11.8 Å². The molecule has 0 radical (unpaired) electrons. The maximum absolute atomic E-state index is 12.4. The van der Waals surface area contributed by atoms with Crippen LogP contribution >= 0.6 is 12.4 Å². The van der Waals surface area contributed by atoms with Crippen LogP contribution in [-0.2, 0) is 14.4 Å². The number of likely N-dealkylation sites (tertiary alicyclic amines) is 1. The Morgan fingerprint density at radius 3 is 2.40 bits per heavy atom. The summed E-state index contributed by atoms with van der Waals surface area (Å²) in [6, 6.07) is 4.90. The number of rotatable bonds is 4. The highest BCUT2D eigenvalue weighted by Gasteiger charge is 2.48. The number of hydrogen-bond acceptors (Lipinski definition) is 5. The van der Waals surface area contributed by atoms with E-state index in [0.29, 0.717) is 17.1 Å². The molecule has 2 unspecified atom stereocenters. The normalized spacial score (nSPS) is 22.2. The van der Waals surface area contributed by atoms with E-state index in [-0.39, 0.29) is 42.6 Å². The number of nitrogen functional groups attached to an aromatic ring is 1. The molecular formula is C17H22ClN3O4. The Kier molecular flexibility index (Phi) is 5.89. The van der Waals surface area contributed by atoms with E-state index < -0.39 is 5.91 Å². The zero-order chi connectivity index (χ0) is 17.3. The van der Waals surface area contributed by atoms with Gasteiger partial charge in [-0.2, -0.15) is 0 Å². The lowest BCUT2D eigenvalue weighted by Gasteiger charge is -2.19. The number of halogens is 1. The summed E-state index contributed by atoms with van der Waals surface area (Å²) in [6.07, 6.45) is 3.38. The molecule has 3 N–H and O–H groups in total. The highest BCUT2D eigenvalue weighted by atomic mass is 35.5. The van der Waals surface area contributed by atoms with Crippen molar-refractivity contribution < 1.29 is 19.1 Å². The minimum Gasteiger partial charge on any atom is -0.497 e. The molecule has 0 bridgehead atoms. The van der Waals surface area contributed by atoms with Gasteiger partial charge in [0.2, 0.25) is 17.7 Å². The fourth-order valence-corrected chi connectivity index (χ4v) is 3.49. The molecule has 7 nitrogen and oxygen atoms in total. The summed E-state index contributed by atoms with van der Waals surface area (Å²) in [5.74, 6) is -0.840. The first-order valence-corrected chi connectivity index (χ1v) is 8.10. The number of nitrogens with two attached hydrogens (primary N) is 1. The summed E-state index contributed by atoms with van der Waals surface area (Å²) in [4.78, 5) is 38.1. The smallest absolute Gasteiger partial charge is 0.244 e.